The number of carbonyl (C=O) groups is 1. The van der Waals surface area contributed by atoms with E-state index in [0.29, 0.717) is 60.0 Å². The third-order valence-electron chi connectivity index (χ3n) is 4.02. The highest BCUT2D eigenvalue weighted by atomic mass is 35.5. The van der Waals surface area contributed by atoms with Crippen molar-refractivity contribution < 1.29 is 14.3 Å². The van der Waals surface area contributed by atoms with E-state index < -0.39 is 0 Å². The molecule has 0 saturated carbocycles. The standard InChI is InChI=1S/C19H20Cl2N2O3/c1-23(12-13-3-2-4-15(20)19(13)21)8-7-18(24)22-14-5-6-16-17(11-14)26-10-9-25-16/h2-6,11H,7-10,12H2,1H3,(H,22,24). The summed E-state index contributed by atoms with van der Waals surface area (Å²) in [6.45, 7) is 2.28. The van der Waals surface area contributed by atoms with Crippen LogP contribution in [0.3, 0.4) is 0 Å². The molecule has 0 saturated heterocycles. The van der Waals surface area contributed by atoms with Gasteiger partial charge in [0, 0.05) is 31.3 Å². The van der Waals surface area contributed by atoms with E-state index in [1.165, 1.54) is 0 Å². The highest BCUT2D eigenvalue weighted by molar-refractivity contribution is 6.42. The van der Waals surface area contributed by atoms with Crippen molar-refractivity contribution in [1.82, 2.24) is 4.90 Å². The molecule has 1 aliphatic rings. The Hall–Kier alpha value is -1.95. The highest BCUT2D eigenvalue weighted by Gasteiger charge is 2.13. The molecule has 3 rings (SSSR count). The third-order valence-corrected chi connectivity index (χ3v) is 4.88. The minimum absolute atomic E-state index is 0.0641. The van der Waals surface area contributed by atoms with Crippen LogP contribution in [0, 0.1) is 0 Å². The number of hydrogen-bond donors (Lipinski definition) is 1. The van der Waals surface area contributed by atoms with E-state index in [2.05, 4.69) is 5.32 Å². The summed E-state index contributed by atoms with van der Waals surface area (Å²) in [7, 11) is 1.94. The number of amides is 1. The van der Waals surface area contributed by atoms with Crippen LogP contribution in [-0.4, -0.2) is 37.6 Å². The predicted molar refractivity (Wildman–Crippen MR) is 103 cm³/mol. The van der Waals surface area contributed by atoms with Crippen molar-refractivity contribution in [3.63, 3.8) is 0 Å². The fraction of sp³-hybridized carbons (Fsp3) is 0.316. The van der Waals surface area contributed by atoms with Gasteiger partial charge in [0.15, 0.2) is 11.5 Å². The van der Waals surface area contributed by atoms with Gasteiger partial charge in [-0.1, -0.05) is 35.3 Å². The molecule has 138 valence electrons. The monoisotopic (exact) mass is 394 g/mol. The average molecular weight is 395 g/mol. The molecule has 1 aliphatic heterocycles. The smallest absolute Gasteiger partial charge is 0.225 e. The first-order valence-electron chi connectivity index (χ1n) is 8.34. The molecule has 2 aromatic carbocycles. The van der Waals surface area contributed by atoms with Crippen molar-refractivity contribution in [1.29, 1.82) is 0 Å². The summed E-state index contributed by atoms with van der Waals surface area (Å²) in [6, 6.07) is 10.9. The van der Waals surface area contributed by atoms with Crippen LogP contribution in [0.15, 0.2) is 36.4 Å². The van der Waals surface area contributed by atoms with Gasteiger partial charge in [0.25, 0.3) is 0 Å². The molecule has 2 aromatic rings. The van der Waals surface area contributed by atoms with Gasteiger partial charge in [0.05, 0.1) is 10.0 Å². The molecular formula is C19H20Cl2N2O3. The fourth-order valence-corrected chi connectivity index (χ4v) is 3.06. The normalized spacial score (nSPS) is 12.9. The molecule has 1 amide bonds. The van der Waals surface area contributed by atoms with Gasteiger partial charge in [-0.15, -0.1) is 0 Å². The van der Waals surface area contributed by atoms with Crippen LogP contribution in [-0.2, 0) is 11.3 Å². The van der Waals surface area contributed by atoms with Crippen LogP contribution < -0.4 is 14.8 Å². The van der Waals surface area contributed by atoms with Crippen LogP contribution in [0.4, 0.5) is 5.69 Å². The first kappa shape index (κ1) is 18.8. The summed E-state index contributed by atoms with van der Waals surface area (Å²) in [5, 5.41) is 3.98. The lowest BCUT2D eigenvalue weighted by Gasteiger charge is -2.19. The van der Waals surface area contributed by atoms with Gasteiger partial charge in [0.1, 0.15) is 13.2 Å². The topological polar surface area (TPSA) is 50.8 Å². The van der Waals surface area contributed by atoms with Crippen molar-refractivity contribution in [2.75, 3.05) is 32.1 Å². The van der Waals surface area contributed by atoms with Crippen molar-refractivity contribution in [2.45, 2.75) is 13.0 Å². The first-order valence-corrected chi connectivity index (χ1v) is 9.09. The van der Waals surface area contributed by atoms with Gasteiger partial charge < -0.3 is 19.7 Å². The van der Waals surface area contributed by atoms with Gasteiger partial charge in [-0.25, -0.2) is 0 Å². The number of rotatable bonds is 6. The third kappa shape index (κ3) is 4.81. The summed E-state index contributed by atoms with van der Waals surface area (Å²) >= 11 is 12.2. The molecule has 0 unspecified atom stereocenters. The Bertz CT molecular complexity index is 798. The molecule has 0 aromatic heterocycles. The first-order chi connectivity index (χ1) is 12.5. The Morgan fingerprint density at radius 1 is 1.15 bits per heavy atom. The Balaban J connectivity index is 1.50. The zero-order valence-corrected chi connectivity index (χ0v) is 15.9. The largest absolute Gasteiger partial charge is 0.486 e. The van der Waals surface area contributed by atoms with E-state index in [0.717, 1.165) is 5.56 Å². The zero-order chi connectivity index (χ0) is 18.5. The van der Waals surface area contributed by atoms with Crippen LogP contribution in [0.5, 0.6) is 11.5 Å². The maximum Gasteiger partial charge on any atom is 0.225 e. The van der Waals surface area contributed by atoms with Gasteiger partial charge in [0.2, 0.25) is 5.91 Å². The molecule has 0 spiro atoms. The van der Waals surface area contributed by atoms with E-state index in [4.69, 9.17) is 32.7 Å². The quantitative estimate of drug-likeness (QED) is 0.796. The Morgan fingerprint density at radius 3 is 2.73 bits per heavy atom. The maximum atomic E-state index is 12.2. The van der Waals surface area contributed by atoms with E-state index in [1.807, 2.05) is 24.1 Å². The lowest BCUT2D eigenvalue weighted by atomic mass is 10.2. The van der Waals surface area contributed by atoms with E-state index in [1.54, 1.807) is 24.3 Å². The van der Waals surface area contributed by atoms with Crippen molar-refractivity contribution in [2.24, 2.45) is 0 Å². The Morgan fingerprint density at radius 2 is 1.92 bits per heavy atom. The molecule has 1 N–H and O–H groups in total. The summed E-state index contributed by atoms with van der Waals surface area (Å²) in [4.78, 5) is 14.2. The van der Waals surface area contributed by atoms with Gasteiger partial charge in [-0.2, -0.15) is 0 Å². The lowest BCUT2D eigenvalue weighted by molar-refractivity contribution is -0.116. The molecule has 1 heterocycles. The number of fused-ring (bicyclic) bond motifs is 1. The number of nitrogens with one attached hydrogen (secondary N) is 1. The van der Waals surface area contributed by atoms with Crippen LogP contribution >= 0.6 is 23.2 Å². The lowest BCUT2D eigenvalue weighted by Crippen LogP contribution is -2.24. The van der Waals surface area contributed by atoms with E-state index >= 15 is 0 Å². The van der Waals surface area contributed by atoms with Gasteiger partial charge in [-0.05, 0) is 30.8 Å². The average Bonchev–Trinajstić information content (AvgIpc) is 2.64. The van der Waals surface area contributed by atoms with Gasteiger partial charge >= 0.3 is 0 Å². The molecule has 0 radical (unpaired) electrons. The summed E-state index contributed by atoms with van der Waals surface area (Å²) in [5.41, 5.74) is 1.63. The number of hydrogen-bond acceptors (Lipinski definition) is 4. The summed E-state index contributed by atoms with van der Waals surface area (Å²) in [5.74, 6) is 1.29. The summed E-state index contributed by atoms with van der Waals surface area (Å²) < 4.78 is 11.0. The maximum absolute atomic E-state index is 12.2. The molecule has 7 heteroatoms. The minimum Gasteiger partial charge on any atom is -0.486 e. The Kier molecular flexibility index (Phi) is 6.25. The number of nitrogens with zero attached hydrogens (tertiary/aromatic N) is 1. The Labute approximate surface area is 162 Å². The number of carbonyl (C=O) groups excluding carboxylic acids is 1. The highest BCUT2D eigenvalue weighted by Crippen LogP contribution is 2.32. The number of halogens is 2. The number of ether oxygens (including phenoxy) is 2. The van der Waals surface area contributed by atoms with Crippen molar-refractivity contribution >= 4 is 34.8 Å². The second kappa shape index (κ2) is 8.62. The summed E-state index contributed by atoms with van der Waals surface area (Å²) in [6.07, 6.45) is 0.364. The molecule has 0 atom stereocenters. The molecule has 0 bridgehead atoms. The second-order valence-corrected chi connectivity index (χ2v) is 6.89. The van der Waals surface area contributed by atoms with Gasteiger partial charge in [-0.3, -0.25) is 4.79 Å². The van der Waals surface area contributed by atoms with Crippen molar-refractivity contribution in [3.8, 4) is 11.5 Å². The molecule has 0 fully saturated rings. The molecule has 26 heavy (non-hydrogen) atoms. The molecular weight excluding hydrogens is 375 g/mol. The van der Waals surface area contributed by atoms with Crippen LogP contribution in [0.1, 0.15) is 12.0 Å². The molecule has 0 aliphatic carbocycles. The van der Waals surface area contributed by atoms with Crippen molar-refractivity contribution in [3.05, 3.63) is 52.0 Å². The van der Waals surface area contributed by atoms with E-state index in [9.17, 15) is 4.79 Å². The number of benzene rings is 2. The zero-order valence-electron chi connectivity index (χ0n) is 14.4. The predicted octanol–water partition coefficient (Wildman–Crippen LogP) is 4.23. The fourth-order valence-electron chi connectivity index (χ4n) is 2.68. The minimum atomic E-state index is -0.0641. The van der Waals surface area contributed by atoms with E-state index in [-0.39, 0.29) is 5.91 Å². The molecule has 5 nitrogen and oxygen atoms in total. The number of anilines is 1. The SMILES string of the molecule is CN(CCC(=O)Nc1ccc2c(c1)OCCO2)Cc1cccc(Cl)c1Cl. The second-order valence-electron chi connectivity index (χ2n) is 6.11. The van der Waals surface area contributed by atoms with Crippen LogP contribution in [0.2, 0.25) is 10.0 Å². The van der Waals surface area contributed by atoms with Crippen LogP contribution in [0.25, 0.3) is 0 Å².